The minimum Gasteiger partial charge on any atom is -0.348 e. The second kappa shape index (κ2) is 5.93. The largest absolute Gasteiger partial charge is 0.348 e. The molecule has 0 spiro atoms. The molecule has 18 heavy (non-hydrogen) atoms. The number of anilines is 1. The summed E-state index contributed by atoms with van der Waals surface area (Å²) >= 11 is 1.76. The lowest BCUT2D eigenvalue weighted by molar-refractivity contribution is 0.673. The van der Waals surface area contributed by atoms with Gasteiger partial charge in [0.15, 0.2) is 0 Å². The van der Waals surface area contributed by atoms with Crippen LogP contribution in [0.15, 0.2) is 29.9 Å². The first-order valence-electron chi connectivity index (χ1n) is 6.00. The van der Waals surface area contributed by atoms with Gasteiger partial charge in [0.2, 0.25) is 0 Å². The Morgan fingerprint density at radius 1 is 1.33 bits per heavy atom. The molecular formula is C13H18N4S. The molecule has 2 heterocycles. The fraction of sp³-hybridized carbons (Fsp3) is 0.385. The van der Waals surface area contributed by atoms with Crippen LogP contribution in [0.4, 0.5) is 5.82 Å². The minimum atomic E-state index is 0.380. The van der Waals surface area contributed by atoms with Crippen LogP contribution in [0.5, 0.6) is 0 Å². The number of hydrogen-bond acceptors (Lipinski definition) is 5. The summed E-state index contributed by atoms with van der Waals surface area (Å²) in [6.07, 6.45) is 3.55. The highest BCUT2D eigenvalue weighted by atomic mass is 32.1. The molecule has 4 nitrogen and oxygen atoms in total. The summed E-state index contributed by atoms with van der Waals surface area (Å²) in [5, 5.41) is 2.09. The van der Waals surface area contributed by atoms with Gasteiger partial charge in [0, 0.05) is 17.5 Å². The van der Waals surface area contributed by atoms with E-state index in [4.69, 9.17) is 5.73 Å². The molecule has 0 aliphatic heterocycles. The zero-order chi connectivity index (χ0) is 13.0. The van der Waals surface area contributed by atoms with Crippen molar-refractivity contribution in [2.45, 2.75) is 33.0 Å². The molecule has 5 heteroatoms. The zero-order valence-corrected chi connectivity index (χ0v) is 11.5. The van der Waals surface area contributed by atoms with Crippen molar-refractivity contribution < 1.29 is 0 Å². The summed E-state index contributed by atoms with van der Waals surface area (Å²) in [5.41, 5.74) is 6.35. The third kappa shape index (κ3) is 3.05. The van der Waals surface area contributed by atoms with E-state index >= 15 is 0 Å². The van der Waals surface area contributed by atoms with Gasteiger partial charge in [-0.05, 0) is 25.3 Å². The molecule has 2 aromatic heterocycles. The monoisotopic (exact) mass is 262 g/mol. The normalized spacial score (nSPS) is 10.9. The zero-order valence-electron chi connectivity index (χ0n) is 10.7. The predicted octanol–water partition coefficient (Wildman–Crippen LogP) is 2.41. The Kier molecular flexibility index (Phi) is 4.28. The van der Waals surface area contributed by atoms with Gasteiger partial charge in [-0.1, -0.05) is 6.07 Å². The highest BCUT2D eigenvalue weighted by molar-refractivity contribution is 7.09. The molecule has 0 unspecified atom stereocenters. The molecule has 0 aliphatic carbocycles. The van der Waals surface area contributed by atoms with Crippen LogP contribution in [0.3, 0.4) is 0 Å². The third-order valence-corrected chi connectivity index (χ3v) is 3.59. The molecule has 0 fully saturated rings. The first-order valence-corrected chi connectivity index (χ1v) is 6.88. The van der Waals surface area contributed by atoms with E-state index in [1.807, 2.05) is 0 Å². The maximum atomic E-state index is 5.53. The summed E-state index contributed by atoms with van der Waals surface area (Å²) in [6.45, 7) is 5.62. The van der Waals surface area contributed by atoms with Gasteiger partial charge in [-0.3, -0.25) is 4.98 Å². The second-order valence-corrected chi connectivity index (χ2v) is 5.40. The fourth-order valence-corrected chi connectivity index (χ4v) is 2.40. The number of thiophene rings is 1. The van der Waals surface area contributed by atoms with Gasteiger partial charge in [0.1, 0.15) is 5.82 Å². The smallest absolute Gasteiger partial charge is 0.147 e. The molecule has 2 rings (SSSR count). The maximum Gasteiger partial charge on any atom is 0.147 e. The molecule has 0 amide bonds. The molecule has 0 saturated carbocycles. The molecule has 0 aromatic carbocycles. The van der Waals surface area contributed by atoms with Gasteiger partial charge in [0.25, 0.3) is 0 Å². The van der Waals surface area contributed by atoms with Crippen LogP contribution >= 0.6 is 11.3 Å². The van der Waals surface area contributed by atoms with E-state index in [1.165, 1.54) is 4.88 Å². The van der Waals surface area contributed by atoms with Gasteiger partial charge in [-0.15, -0.1) is 11.3 Å². The Bertz CT molecular complexity index is 464. The lowest BCUT2D eigenvalue weighted by atomic mass is 10.3. The number of rotatable bonds is 5. The Labute approximate surface area is 111 Å². The average molecular weight is 262 g/mol. The van der Waals surface area contributed by atoms with E-state index in [0.717, 1.165) is 18.1 Å². The van der Waals surface area contributed by atoms with Crippen molar-refractivity contribution >= 4 is 17.2 Å². The van der Waals surface area contributed by atoms with Gasteiger partial charge in [0.05, 0.1) is 24.6 Å². The van der Waals surface area contributed by atoms with Crippen LogP contribution in [0.1, 0.15) is 24.4 Å². The summed E-state index contributed by atoms with van der Waals surface area (Å²) < 4.78 is 0. The lowest BCUT2D eigenvalue weighted by Crippen LogP contribution is -2.30. The van der Waals surface area contributed by atoms with Crippen molar-refractivity contribution in [2.24, 2.45) is 5.73 Å². The number of nitrogens with zero attached hydrogens (tertiary/aromatic N) is 3. The van der Waals surface area contributed by atoms with E-state index in [2.05, 4.69) is 46.2 Å². The number of hydrogen-bond donors (Lipinski definition) is 1. The SMILES string of the molecule is CC(C)N(Cc1cccs1)c1cnc(CN)cn1. The van der Waals surface area contributed by atoms with E-state index in [9.17, 15) is 0 Å². The van der Waals surface area contributed by atoms with Crippen LogP contribution < -0.4 is 10.6 Å². The summed E-state index contributed by atoms with van der Waals surface area (Å²) in [6, 6.07) is 4.59. The van der Waals surface area contributed by atoms with Crippen molar-refractivity contribution in [3.63, 3.8) is 0 Å². The Morgan fingerprint density at radius 2 is 2.17 bits per heavy atom. The van der Waals surface area contributed by atoms with Crippen LogP contribution in [-0.2, 0) is 13.1 Å². The lowest BCUT2D eigenvalue weighted by Gasteiger charge is -2.27. The molecular weight excluding hydrogens is 244 g/mol. The first-order chi connectivity index (χ1) is 8.70. The van der Waals surface area contributed by atoms with Crippen molar-refractivity contribution in [1.29, 1.82) is 0 Å². The Morgan fingerprint density at radius 3 is 2.67 bits per heavy atom. The van der Waals surface area contributed by atoms with E-state index < -0.39 is 0 Å². The standard InChI is InChI=1S/C13H18N4S/c1-10(2)17(9-12-4-3-5-18-12)13-8-15-11(6-14)7-16-13/h3-5,7-8,10H,6,9,14H2,1-2H3. The Hall–Kier alpha value is -1.46. The van der Waals surface area contributed by atoms with E-state index in [1.54, 1.807) is 23.7 Å². The van der Waals surface area contributed by atoms with Crippen molar-refractivity contribution in [3.8, 4) is 0 Å². The van der Waals surface area contributed by atoms with E-state index in [0.29, 0.717) is 12.6 Å². The van der Waals surface area contributed by atoms with Gasteiger partial charge in [-0.25, -0.2) is 4.98 Å². The van der Waals surface area contributed by atoms with Crippen molar-refractivity contribution in [3.05, 3.63) is 40.5 Å². The molecule has 0 bridgehead atoms. The van der Waals surface area contributed by atoms with E-state index in [-0.39, 0.29) is 0 Å². The molecule has 2 N–H and O–H groups in total. The molecule has 0 radical (unpaired) electrons. The molecule has 0 saturated heterocycles. The number of aromatic nitrogens is 2. The van der Waals surface area contributed by atoms with Crippen LogP contribution in [-0.4, -0.2) is 16.0 Å². The maximum absolute atomic E-state index is 5.53. The van der Waals surface area contributed by atoms with Crippen molar-refractivity contribution in [2.75, 3.05) is 4.90 Å². The second-order valence-electron chi connectivity index (χ2n) is 4.37. The summed E-state index contributed by atoms with van der Waals surface area (Å²) in [5.74, 6) is 0.899. The van der Waals surface area contributed by atoms with Crippen LogP contribution in [0.25, 0.3) is 0 Å². The quantitative estimate of drug-likeness (QED) is 0.899. The molecule has 96 valence electrons. The first kappa shape index (κ1) is 13.0. The molecule has 0 aliphatic rings. The third-order valence-electron chi connectivity index (χ3n) is 2.72. The van der Waals surface area contributed by atoms with Crippen LogP contribution in [0, 0.1) is 0 Å². The number of nitrogens with two attached hydrogens (primary N) is 1. The topological polar surface area (TPSA) is 55.0 Å². The Balaban J connectivity index is 2.18. The fourth-order valence-electron chi connectivity index (χ4n) is 1.70. The van der Waals surface area contributed by atoms with Gasteiger partial charge < -0.3 is 10.6 Å². The molecule has 2 aromatic rings. The predicted molar refractivity (Wildman–Crippen MR) is 75.6 cm³/mol. The van der Waals surface area contributed by atoms with Gasteiger partial charge >= 0.3 is 0 Å². The summed E-state index contributed by atoms with van der Waals surface area (Å²) in [7, 11) is 0. The average Bonchev–Trinajstić information content (AvgIpc) is 2.89. The molecule has 0 atom stereocenters. The van der Waals surface area contributed by atoms with Crippen LogP contribution in [0.2, 0.25) is 0 Å². The van der Waals surface area contributed by atoms with Crippen molar-refractivity contribution in [1.82, 2.24) is 9.97 Å². The minimum absolute atomic E-state index is 0.380. The highest BCUT2D eigenvalue weighted by Crippen LogP contribution is 2.19. The van der Waals surface area contributed by atoms with Gasteiger partial charge in [-0.2, -0.15) is 0 Å². The highest BCUT2D eigenvalue weighted by Gasteiger charge is 2.13. The summed E-state index contributed by atoms with van der Waals surface area (Å²) in [4.78, 5) is 12.3.